The molecule has 2 aromatic heterocycles. The quantitative estimate of drug-likeness (QED) is 0.780. The van der Waals surface area contributed by atoms with Crippen molar-refractivity contribution in [3.63, 3.8) is 0 Å². The summed E-state index contributed by atoms with van der Waals surface area (Å²) < 4.78 is 11.3. The number of ether oxygens (including phenoxy) is 1. The molecular formula is C17H19N5O3. The van der Waals surface area contributed by atoms with Crippen LogP contribution in [0.3, 0.4) is 0 Å². The van der Waals surface area contributed by atoms with Crippen molar-refractivity contribution in [1.82, 2.24) is 25.3 Å². The molecule has 0 unspecified atom stereocenters. The lowest BCUT2D eigenvalue weighted by atomic mass is 10.1. The van der Waals surface area contributed by atoms with E-state index in [0.717, 1.165) is 16.5 Å². The molecule has 1 fully saturated rings. The highest BCUT2D eigenvalue weighted by Crippen LogP contribution is 2.25. The van der Waals surface area contributed by atoms with Crippen LogP contribution in [0, 0.1) is 6.92 Å². The van der Waals surface area contributed by atoms with Crippen LogP contribution in [-0.4, -0.2) is 50.4 Å². The standard InChI is InChI=1S/C17H19N5O3/c1-10-8-22(9-15(24-10)17-21-19-11(2)25-17)16(23)6-12-3-4-13-7-18-20-14(13)5-12/h3-5,7,10,15H,6,8-9H2,1-2H3,(H,18,20)/t10-,15-/m1/s1. The summed E-state index contributed by atoms with van der Waals surface area (Å²) in [5, 5.41) is 15.8. The lowest BCUT2D eigenvalue weighted by molar-refractivity contribution is -0.145. The average Bonchev–Trinajstić information content (AvgIpc) is 3.22. The summed E-state index contributed by atoms with van der Waals surface area (Å²) in [6.07, 6.45) is 1.62. The third-order valence-corrected chi connectivity index (χ3v) is 4.29. The molecule has 1 amide bonds. The van der Waals surface area contributed by atoms with Crippen molar-refractivity contribution in [2.75, 3.05) is 13.1 Å². The van der Waals surface area contributed by atoms with Gasteiger partial charge in [0, 0.05) is 18.9 Å². The molecule has 4 rings (SSSR count). The molecule has 8 heteroatoms. The molecule has 1 aliphatic heterocycles. The second-order valence-corrected chi connectivity index (χ2v) is 6.36. The maximum atomic E-state index is 12.7. The highest BCUT2D eigenvalue weighted by Gasteiger charge is 2.32. The van der Waals surface area contributed by atoms with Crippen LogP contribution in [-0.2, 0) is 16.0 Å². The number of aromatic amines is 1. The Morgan fingerprint density at radius 2 is 2.24 bits per heavy atom. The van der Waals surface area contributed by atoms with Crippen molar-refractivity contribution in [2.45, 2.75) is 32.5 Å². The minimum Gasteiger partial charge on any atom is -0.423 e. The number of aryl methyl sites for hydroxylation is 1. The number of benzene rings is 1. The number of amides is 1. The number of fused-ring (bicyclic) bond motifs is 1. The molecule has 0 radical (unpaired) electrons. The van der Waals surface area contributed by atoms with Crippen LogP contribution < -0.4 is 0 Å². The topological polar surface area (TPSA) is 97.1 Å². The predicted octanol–water partition coefficient (Wildman–Crippen LogP) is 1.79. The van der Waals surface area contributed by atoms with Gasteiger partial charge in [-0.25, -0.2) is 0 Å². The maximum absolute atomic E-state index is 12.7. The van der Waals surface area contributed by atoms with E-state index in [1.54, 1.807) is 18.0 Å². The number of carbonyl (C=O) groups is 1. The van der Waals surface area contributed by atoms with Gasteiger partial charge in [0.15, 0.2) is 6.10 Å². The van der Waals surface area contributed by atoms with Gasteiger partial charge in [-0.05, 0) is 18.6 Å². The zero-order valence-corrected chi connectivity index (χ0v) is 14.1. The van der Waals surface area contributed by atoms with Crippen LogP contribution in [0.1, 0.15) is 30.4 Å². The Labute approximate surface area is 144 Å². The highest BCUT2D eigenvalue weighted by molar-refractivity contribution is 5.83. The van der Waals surface area contributed by atoms with Gasteiger partial charge in [0.25, 0.3) is 0 Å². The molecule has 8 nitrogen and oxygen atoms in total. The fourth-order valence-corrected chi connectivity index (χ4v) is 3.11. The fourth-order valence-electron chi connectivity index (χ4n) is 3.11. The molecule has 0 saturated carbocycles. The molecule has 1 aliphatic rings. The monoisotopic (exact) mass is 341 g/mol. The number of nitrogens with zero attached hydrogens (tertiary/aromatic N) is 4. The smallest absolute Gasteiger partial charge is 0.247 e. The van der Waals surface area contributed by atoms with Crippen LogP contribution in [0.5, 0.6) is 0 Å². The molecule has 3 heterocycles. The van der Waals surface area contributed by atoms with Crippen molar-refractivity contribution in [3.8, 4) is 0 Å². The Balaban J connectivity index is 1.48. The number of carbonyl (C=O) groups excluding carboxylic acids is 1. The molecule has 0 aliphatic carbocycles. The second-order valence-electron chi connectivity index (χ2n) is 6.36. The SMILES string of the molecule is Cc1nnc([C@H]2CN(C(=O)Cc3ccc4cn[nH]c4c3)C[C@@H](C)O2)o1. The first kappa shape index (κ1) is 15.8. The minimum atomic E-state index is -0.385. The summed E-state index contributed by atoms with van der Waals surface area (Å²) in [5.74, 6) is 0.957. The van der Waals surface area contributed by atoms with Crippen LogP contribution in [0.15, 0.2) is 28.8 Å². The Bertz CT molecular complexity index is 902. The zero-order chi connectivity index (χ0) is 17.4. The third-order valence-electron chi connectivity index (χ3n) is 4.29. The van der Waals surface area contributed by atoms with Gasteiger partial charge in [-0.2, -0.15) is 5.10 Å². The summed E-state index contributed by atoms with van der Waals surface area (Å²) >= 11 is 0. The van der Waals surface area contributed by atoms with Gasteiger partial charge in [0.1, 0.15) is 0 Å². The number of H-pyrrole nitrogens is 1. The molecule has 0 bridgehead atoms. The summed E-state index contributed by atoms with van der Waals surface area (Å²) in [5.41, 5.74) is 1.88. The van der Waals surface area contributed by atoms with Crippen molar-refractivity contribution in [2.24, 2.45) is 0 Å². The molecular weight excluding hydrogens is 322 g/mol. The number of hydrogen-bond donors (Lipinski definition) is 1. The van der Waals surface area contributed by atoms with Gasteiger partial charge >= 0.3 is 0 Å². The Kier molecular flexibility index (Phi) is 3.96. The summed E-state index contributed by atoms with van der Waals surface area (Å²) in [6.45, 7) is 4.63. The van der Waals surface area contributed by atoms with Gasteiger partial charge in [-0.15, -0.1) is 10.2 Å². The molecule has 1 N–H and O–H groups in total. The Hall–Kier alpha value is -2.74. The van der Waals surface area contributed by atoms with E-state index < -0.39 is 0 Å². The summed E-state index contributed by atoms with van der Waals surface area (Å²) in [7, 11) is 0. The molecule has 2 atom stereocenters. The predicted molar refractivity (Wildman–Crippen MR) is 88.7 cm³/mol. The largest absolute Gasteiger partial charge is 0.423 e. The maximum Gasteiger partial charge on any atom is 0.247 e. The van der Waals surface area contributed by atoms with E-state index in [2.05, 4.69) is 20.4 Å². The Morgan fingerprint density at radius 3 is 3.04 bits per heavy atom. The number of aromatic nitrogens is 4. The zero-order valence-electron chi connectivity index (χ0n) is 14.1. The minimum absolute atomic E-state index is 0.0512. The van der Waals surface area contributed by atoms with Gasteiger partial charge in [0.2, 0.25) is 17.7 Å². The first-order valence-corrected chi connectivity index (χ1v) is 8.24. The van der Waals surface area contributed by atoms with Gasteiger partial charge < -0.3 is 14.1 Å². The van der Waals surface area contributed by atoms with Gasteiger partial charge in [-0.1, -0.05) is 12.1 Å². The van der Waals surface area contributed by atoms with Crippen LogP contribution in [0.25, 0.3) is 10.9 Å². The van der Waals surface area contributed by atoms with Crippen molar-refractivity contribution in [1.29, 1.82) is 0 Å². The van der Waals surface area contributed by atoms with E-state index in [1.807, 2.05) is 25.1 Å². The normalized spacial score (nSPS) is 21.0. The second kappa shape index (κ2) is 6.29. The van der Waals surface area contributed by atoms with E-state index in [0.29, 0.717) is 31.3 Å². The van der Waals surface area contributed by atoms with E-state index in [1.165, 1.54) is 0 Å². The number of morpholine rings is 1. The molecule has 0 spiro atoms. The Morgan fingerprint density at radius 1 is 1.36 bits per heavy atom. The third kappa shape index (κ3) is 3.25. The first-order valence-electron chi connectivity index (χ1n) is 8.24. The molecule has 130 valence electrons. The van der Waals surface area contributed by atoms with Gasteiger partial charge in [0.05, 0.1) is 30.8 Å². The first-order chi connectivity index (χ1) is 12.1. The highest BCUT2D eigenvalue weighted by atomic mass is 16.5. The summed E-state index contributed by atoms with van der Waals surface area (Å²) in [6, 6.07) is 5.88. The van der Waals surface area contributed by atoms with Crippen molar-refractivity contribution < 1.29 is 13.9 Å². The summed E-state index contributed by atoms with van der Waals surface area (Å²) in [4.78, 5) is 14.5. The van der Waals surface area contributed by atoms with E-state index in [9.17, 15) is 4.79 Å². The molecule has 25 heavy (non-hydrogen) atoms. The lowest BCUT2D eigenvalue weighted by Gasteiger charge is -2.35. The molecule has 3 aromatic rings. The molecule has 1 aromatic carbocycles. The van der Waals surface area contributed by atoms with Crippen molar-refractivity contribution in [3.05, 3.63) is 41.7 Å². The van der Waals surface area contributed by atoms with E-state index in [4.69, 9.17) is 9.15 Å². The van der Waals surface area contributed by atoms with Crippen LogP contribution in [0.2, 0.25) is 0 Å². The number of hydrogen-bond acceptors (Lipinski definition) is 6. The number of nitrogens with one attached hydrogen (secondary N) is 1. The van der Waals surface area contributed by atoms with Crippen molar-refractivity contribution >= 4 is 16.8 Å². The van der Waals surface area contributed by atoms with Crippen LogP contribution in [0.4, 0.5) is 0 Å². The van der Waals surface area contributed by atoms with E-state index in [-0.39, 0.29) is 18.1 Å². The lowest BCUT2D eigenvalue weighted by Crippen LogP contribution is -2.46. The van der Waals surface area contributed by atoms with Crippen LogP contribution >= 0.6 is 0 Å². The average molecular weight is 341 g/mol. The van der Waals surface area contributed by atoms with Gasteiger partial charge in [-0.3, -0.25) is 9.89 Å². The molecule has 1 saturated heterocycles. The fraction of sp³-hybridized carbons (Fsp3) is 0.412. The number of rotatable bonds is 3. The van der Waals surface area contributed by atoms with E-state index >= 15 is 0 Å².